The quantitative estimate of drug-likeness (QED) is 0.803. The molecule has 6 heteroatoms. The van der Waals surface area contributed by atoms with E-state index in [9.17, 15) is 4.79 Å². The van der Waals surface area contributed by atoms with Gasteiger partial charge in [-0.15, -0.1) is 0 Å². The maximum absolute atomic E-state index is 12.2. The summed E-state index contributed by atoms with van der Waals surface area (Å²) in [4.78, 5) is 25.7. The van der Waals surface area contributed by atoms with Gasteiger partial charge in [0.05, 0.1) is 6.20 Å². The van der Waals surface area contributed by atoms with Crippen LogP contribution in [-0.4, -0.2) is 37.5 Å². The van der Waals surface area contributed by atoms with Gasteiger partial charge in [-0.05, 0) is 18.4 Å². The minimum Gasteiger partial charge on any atom is -0.299 e. The first-order chi connectivity index (χ1) is 11.3. The normalized spacial score (nSPS) is 16.9. The maximum Gasteiger partial charge on any atom is 0.327 e. The molecule has 1 N–H and O–H groups in total. The average Bonchev–Trinajstić information content (AvgIpc) is 2.92. The Hall–Kier alpha value is -2.47. The zero-order chi connectivity index (χ0) is 15.6. The lowest BCUT2D eigenvalue weighted by Crippen LogP contribution is -2.36. The Bertz CT molecular complexity index is 846. The monoisotopic (exact) mass is 309 g/mol. The number of imidazole rings is 1. The lowest BCUT2D eigenvalue weighted by molar-refractivity contribution is 0.180. The molecule has 0 bridgehead atoms. The van der Waals surface area contributed by atoms with Gasteiger partial charge >= 0.3 is 5.69 Å². The predicted molar refractivity (Wildman–Crippen MR) is 88.1 cm³/mol. The van der Waals surface area contributed by atoms with Gasteiger partial charge in [-0.25, -0.2) is 14.8 Å². The molecule has 1 fully saturated rings. The van der Waals surface area contributed by atoms with Crippen molar-refractivity contribution in [2.24, 2.45) is 0 Å². The summed E-state index contributed by atoms with van der Waals surface area (Å²) < 4.78 is 1.83. The second-order valence-corrected chi connectivity index (χ2v) is 6.05. The summed E-state index contributed by atoms with van der Waals surface area (Å²) >= 11 is 0. The van der Waals surface area contributed by atoms with Crippen LogP contribution >= 0.6 is 0 Å². The molecule has 0 atom stereocenters. The number of rotatable bonds is 3. The molecular weight excluding hydrogens is 290 g/mol. The van der Waals surface area contributed by atoms with Crippen molar-refractivity contribution in [3.8, 4) is 0 Å². The number of nitrogens with one attached hydrogen (secondary N) is 1. The molecule has 0 saturated carbocycles. The number of fused-ring (bicyclic) bond motifs is 1. The van der Waals surface area contributed by atoms with Crippen molar-refractivity contribution < 1.29 is 0 Å². The highest BCUT2D eigenvalue weighted by Gasteiger charge is 2.23. The largest absolute Gasteiger partial charge is 0.327 e. The summed E-state index contributed by atoms with van der Waals surface area (Å²) in [5, 5.41) is 0. The Morgan fingerprint density at radius 3 is 2.74 bits per heavy atom. The Morgan fingerprint density at radius 1 is 1.17 bits per heavy atom. The fraction of sp³-hybridized carbons (Fsp3) is 0.353. The molecule has 1 aromatic carbocycles. The highest BCUT2D eigenvalue weighted by Crippen LogP contribution is 2.24. The lowest BCUT2D eigenvalue weighted by Gasteiger charge is -2.32. The van der Waals surface area contributed by atoms with Gasteiger partial charge in [-0.3, -0.25) is 14.5 Å². The van der Waals surface area contributed by atoms with Crippen LogP contribution in [0.25, 0.3) is 11.2 Å². The molecule has 2 aromatic heterocycles. The van der Waals surface area contributed by atoms with E-state index in [0.717, 1.165) is 38.0 Å². The van der Waals surface area contributed by atoms with Gasteiger partial charge in [-0.2, -0.15) is 0 Å². The Kier molecular flexibility index (Phi) is 3.67. The average molecular weight is 309 g/mol. The second-order valence-electron chi connectivity index (χ2n) is 6.05. The molecule has 0 spiro atoms. The smallest absolute Gasteiger partial charge is 0.299 e. The van der Waals surface area contributed by atoms with Crippen LogP contribution in [0.3, 0.4) is 0 Å². The zero-order valence-electron chi connectivity index (χ0n) is 12.9. The van der Waals surface area contributed by atoms with Crippen molar-refractivity contribution in [2.75, 3.05) is 13.1 Å². The fourth-order valence-corrected chi connectivity index (χ4v) is 3.41. The van der Waals surface area contributed by atoms with Crippen LogP contribution in [0.2, 0.25) is 0 Å². The van der Waals surface area contributed by atoms with E-state index in [1.807, 2.05) is 10.6 Å². The number of benzene rings is 1. The van der Waals surface area contributed by atoms with E-state index < -0.39 is 0 Å². The van der Waals surface area contributed by atoms with Gasteiger partial charge in [0, 0.05) is 25.7 Å². The van der Waals surface area contributed by atoms with Crippen LogP contribution in [0.5, 0.6) is 0 Å². The first-order valence-electron chi connectivity index (χ1n) is 7.98. The van der Waals surface area contributed by atoms with Crippen molar-refractivity contribution >= 4 is 11.2 Å². The maximum atomic E-state index is 12.2. The summed E-state index contributed by atoms with van der Waals surface area (Å²) in [6, 6.07) is 10.7. The van der Waals surface area contributed by atoms with Gasteiger partial charge < -0.3 is 0 Å². The van der Waals surface area contributed by atoms with E-state index in [2.05, 4.69) is 44.1 Å². The summed E-state index contributed by atoms with van der Waals surface area (Å²) in [5.74, 6) is 0. The number of aromatic nitrogens is 4. The van der Waals surface area contributed by atoms with E-state index in [1.54, 1.807) is 6.20 Å². The number of hydrogen-bond acceptors (Lipinski definition) is 4. The predicted octanol–water partition coefficient (Wildman–Crippen LogP) is 1.96. The minimum absolute atomic E-state index is 0.0815. The molecule has 6 nitrogen and oxygen atoms in total. The van der Waals surface area contributed by atoms with E-state index in [-0.39, 0.29) is 11.7 Å². The van der Waals surface area contributed by atoms with E-state index in [4.69, 9.17) is 0 Å². The molecule has 0 radical (unpaired) electrons. The molecule has 1 aliphatic rings. The van der Waals surface area contributed by atoms with Gasteiger partial charge in [0.2, 0.25) is 0 Å². The fourth-order valence-electron chi connectivity index (χ4n) is 3.41. The van der Waals surface area contributed by atoms with Crippen LogP contribution in [0.4, 0.5) is 0 Å². The van der Waals surface area contributed by atoms with Crippen LogP contribution in [0.15, 0.2) is 47.7 Å². The van der Waals surface area contributed by atoms with Gasteiger partial charge in [0.15, 0.2) is 5.65 Å². The van der Waals surface area contributed by atoms with Crippen molar-refractivity contribution in [1.29, 1.82) is 0 Å². The zero-order valence-corrected chi connectivity index (χ0v) is 12.9. The summed E-state index contributed by atoms with van der Waals surface area (Å²) in [5.41, 5.74) is 2.68. The SMILES string of the molecule is O=c1[nH]c2ncncc2n1C1CCN(Cc2ccccc2)CC1. The minimum atomic E-state index is -0.0815. The summed E-state index contributed by atoms with van der Waals surface area (Å²) in [7, 11) is 0. The standard InChI is InChI=1S/C17H19N5O/c23-17-20-16-15(10-18-12-19-16)22(17)14-6-8-21(9-7-14)11-13-4-2-1-3-5-13/h1-5,10,12,14H,6-9,11H2,(H,18,19,20,23). The molecule has 0 unspecified atom stereocenters. The van der Waals surface area contributed by atoms with E-state index in [1.165, 1.54) is 11.9 Å². The van der Waals surface area contributed by atoms with Gasteiger partial charge in [-0.1, -0.05) is 30.3 Å². The highest BCUT2D eigenvalue weighted by atomic mass is 16.1. The van der Waals surface area contributed by atoms with Crippen molar-refractivity contribution in [2.45, 2.75) is 25.4 Å². The molecule has 0 amide bonds. The van der Waals surface area contributed by atoms with Crippen molar-refractivity contribution in [3.63, 3.8) is 0 Å². The van der Waals surface area contributed by atoms with E-state index in [0.29, 0.717) is 5.65 Å². The Labute approximate surface area is 133 Å². The third-order valence-electron chi connectivity index (χ3n) is 4.57. The molecule has 1 aliphatic heterocycles. The topological polar surface area (TPSA) is 66.8 Å². The van der Waals surface area contributed by atoms with Crippen molar-refractivity contribution in [3.05, 3.63) is 58.9 Å². The molecule has 4 rings (SSSR count). The van der Waals surface area contributed by atoms with Crippen LogP contribution in [0, 0.1) is 0 Å². The molecular formula is C17H19N5O. The van der Waals surface area contributed by atoms with Gasteiger partial charge in [0.1, 0.15) is 11.8 Å². The Morgan fingerprint density at radius 2 is 1.96 bits per heavy atom. The first kappa shape index (κ1) is 14.1. The van der Waals surface area contributed by atoms with Crippen LogP contribution < -0.4 is 5.69 Å². The molecule has 0 aliphatic carbocycles. The third-order valence-corrected chi connectivity index (χ3v) is 4.57. The number of nitrogens with zero attached hydrogens (tertiary/aromatic N) is 4. The molecule has 1 saturated heterocycles. The number of hydrogen-bond donors (Lipinski definition) is 1. The number of likely N-dealkylation sites (tertiary alicyclic amines) is 1. The Balaban J connectivity index is 1.49. The second kappa shape index (κ2) is 5.96. The van der Waals surface area contributed by atoms with E-state index >= 15 is 0 Å². The number of H-pyrrole nitrogens is 1. The molecule has 118 valence electrons. The summed E-state index contributed by atoms with van der Waals surface area (Å²) in [6.07, 6.45) is 5.12. The van der Waals surface area contributed by atoms with Crippen molar-refractivity contribution in [1.82, 2.24) is 24.4 Å². The number of aromatic amines is 1. The highest BCUT2D eigenvalue weighted by molar-refractivity contribution is 5.69. The lowest BCUT2D eigenvalue weighted by atomic mass is 10.0. The molecule has 3 heterocycles. The van der Waals surface area contributed by atoms with Gasteiger partial charge in [0.25, 0.3) is 0 Å². The molecule has 23 heavy (non-hydrogen) atoms. The van der Waals surface area contributed by atoms with Crippen LogP contribution in [0.1, 0.15) is 24.4 Å². The third kappa shape index (κ3) is 2.77. The summed E-state index contributed by atoms with van der Waals surface area (Å²) in [6.45, 7) is 2.96. The number of piperidine rings is 1. The molecule has 3 aromatic rings. The van der Waals surface area contributed by atoms with Crippen LogP contribution in [-0.2, 0) is 6.54 Å². The first-order valence-corrected chi connectivity index (χ1v) is 7.98.